The van der Waals surface area contributed by atoms with Crippen LogP contribution in [0.3, 0.4) is 0 Å². The molecule has 144 valence electrons. The molecular formula is C24H26N2O2. The summed E-state index contributed by atoms with van der Waals surface area (Å²) in [5, 5.41) is 4.07. The van der Waals surface area contributed by atoms with Crippen LogP contribution < -0.4 is 10.9 Å². The molecular weight excluding hydrogens is 348 g/mol. The molecule has 1 aromatic heterocycles. The third-order valence-corrected chi connectivity index (χ3v) is 5.97. The Morgan fingerprint density at radius 2 is 1.68 bits per heavy atom. The van der Waals surface area contributed by atoms with E-state index in [2.05, 4.69) is 17.4 Å². The number of nitrogens with one attached hydrogen (secondary N) is 1. The number of benzene rings is 2. The van der Waals surface area contributed by atoms with Crippen LogP contribution in [0.1, 0.15) is 54.1 Å². The first-order chi connectivity index (χ1) is 13.6. The summed E-state index contributed by atoms with van der Waals surface area (Å²) in [5.74, 6) is 0.256. The van der Waals surface area contributed by atoms with E-state index >= 15 is 0 Å². The first kappa shape index (κ1) is 18.5. The SMILES string of the molecule is Cn1c(=O)cc(C(=O)NC(c2ccccc2)C2CCCCC2)c2ccccc21. The number of amides is 1. The molecule has 1 unspecified atom stereocenters. The molecule has 1 N–H and O–H groups in total. The number of carbonyl (C=O) groups excluding carboxylic acids is 1. The number of hydrogen-bond acceptors (Lipinski definition) is 2. The molecule has 0 spiro atoms. The van der Waals surface area contributed by atoms with E-state index in [1.165, 1.54) is 25.3 Å². The van der Waals surface area contributed by atoms with Gasteiger partial charge in [-0.3, -0.25) is 9.59 Å². The zero-order chi connectivity index (χ0) is 19.5. The molecule has 4 heteroatoms. The second-order valence-corrected chi connectivity index (χ2v) is 7.73. The predicted molar refractivity (Wildman–Crippen MR) is 112 cm³/mol. The number of pyridine rings is 1. The number of aryl methyl sites for hydroxylation is 1. The lowest BCUT2D eigenvalue weighted by molar-refractivity contribution is 0.0914. The third kappa shape index (κ3) is 3.59. The van der Waals surface area contributed by atoms with Gasteiger partial charge >= 0.3 is 0 Å². The fourth-order valence-electron chi connectivity index (χ4n) is 4.42. The lowest BCUT2D eigenvalue weighted by Gasteiger charge is -2.31. The highest BCUT2D eigenvalue weighted by Gasteiger charge is 2.27. The van der Waals surface area contributed by atoms with Gasteiger partial charge in [-0.25, -0.2) is 0 Å². The summed E-state index contributed by atoms with van der Waals surface area (Å²) in [5.41, 5.74) is 2.19. The van der Waals surface area contributed by atoms with Gasteiger partial charge in [0.15, 0.2) is 0 Å². The van der Waals surface area contributed by atoms with Crippen LogP contribution in [-0.2, 0) is 7.05 Å². The van der Waals surface area contributed by atoms with Crippen LogP contribution in [0.15, 0.2) is 65.5 Å². The van der Waals surface area contributed by atoms with E-state index in [4.69, 9.17) is 0 Å². The highest BCUT2D eigenvalue weighted by molar-refractivity contribution is 6.06. The van der Waals surface area contributed by atoms with Crippen LogP contribution in [0.2, 0.25) is 0 Å². The van der Waals surface area contributed by atoms with Crippen molar-refractivity contribution in [2.45, 2.75) is 38.1 Å². The first-order valence-electron chi connectivity index (χ1n) is 10.1. The van der Waals surface area contributed by atoms with Gasteiger partial charge < -0.3 is 9.88 Å². The maximum absolute atomic E-state index is 13.3. The summed E-state index contributed by atoms with van der Waals surface area (Å²) in [7, 11) is 1.74. The molecule has 1 amide bonds. The van der Waals surface area contributed by atoms with Crippen molar-refractivity contribution in [1.82, 2.24) is 9.88 Å². The van der Waals surface area contributed by atoms with Crippen molar-refractivity contribution >= 4 is 16.8 Å². The predicted octanol–water partition coefficient (Wildman–Crippen LogP) is 4.59. The van der Waals surface area contributed by atoms with Gasteiger partial charge in [0.1, 0.15) is 0 Å². The number of fused-ring (bicyclic) bond motifs is 1. The van der Waals surface area contributed by atoms with Crippen LogP contribution in [-0.4, -0.2) is 10.5 Å². The van der Waals surface area contributed by atoms with Crippen LogP contribution >= 0.6 is 0 Å². The lowest BCUT2D eigenvalue weighted by Crippen LogP contribution is -2.35. The second kappa shape index (κ2) is 8.01. The minimum atomic E-state index is -0.173. The largest absolute Gasteiger partial charge is 0.345 e. The fraction of sp³-hybridized carbons (Fsp3) is 0.333. The van der Waals surface area contributed by atoms with Gasteiger partial charge in [0.05, 0.1) is 17.1 Å². The van der Waals surface area contributed by atoms with Gasteiger partial charge in [-0.2, -0.15) is 0 Å². The van der Waals surface area contributed by atoms with Crippen molar-refractivity contribution in [3.8, 4) is 0 Å². The Morgan fingerprint density at radius 1 is 1.00 bits per heavy atom. The molecule has 1 atom stereocenters. The summed E-state index contributed by atoms with van der Waals surface area (Å²) < 4.78 is 1.59. The summed E-state index contributed by atoms with van der Waals surface area (Å²) in [6.07, 6.45) is 5.93. The highest BCUT2D eigenvalue weighted by atomic mass is 16.2. The van der Waals surface area contributed by atoms with E-state index in [0.717, 1.165) is 29.3 Å². The molecule has 1 fully saturated rings. The summed E-state index contributed by atoms with van der Waals surface area (Å²) in [6.45, 7) is 0. The van der Waals surface area contributed by atoms with Crippen molar-refractivity contribution in [3.05, 3.63) is 82.1 Å². The van der Waals surface area contributed by atoms with Gasteiger partial charge in [0, 0.05) is 18.5 Å². The molecule has 1 aliphatic carbocycles. The number of para-hydroxylation sites is 1. The van der Waals surface area contributed by atoms with Crippen LogP contribution in [0.5, 0.6) is 0 Å². The fourth-order valence-corrected chi connectivity index (χ4v) is 4.42. The van der Waals surface area contributed by atoms with Gasteiger partial charge in [-0.05, 0) is 30.4 Å². The van der Waals surface area contributed by atoms with Gasteiger partial charge in [-0.15, -0.1) is 0 Å². The molecule has 28 heavy (non-hydrogen) atoms. The van der Waals surface area contributed by atoms with E-state index in [9.17, 15) is 9.59 Å². The smallest absolute Gasteiger partial charge is 0.252 e. The average Bonchev–Trinajstić information content (AvgIpc) is 2.75. The number of rotatable bonds is 4. The Kier molecular flexibility index (Phi) is 5.29. The second-order valence-electron chi connectivity index (χ2n) is 7.73. The normalized spacial score (nSPS) is 16.0. The summed E-state index contributed by atoms with van der Waals surface area (Å²) >= 11 is 0. The van der Waals surface area contributed by atoms with Crippen molar-refractivity contribution in [2.24, 2.45) is 13.0 Å². The topological polar surface area (TPSA) is 51.1 Å². The van der Waals surface area contributed by atoms with Crippen molar-refractivity contribution in [1.29, 1.82) is 0 Å². The number of aromatic nitrogens is 1. The molecule has 4 nitrogen and oxygen atoms in total. The van der Waals surface area contributed by atoms with E-state index in [-0.39, 0.29) is 17.5 Å². The molecule has 0 bridgehead atoms. The zero-order valence-corrected chi connectivity index (χ0v) is 16.2. The molecule has 1 heterocycles. The van der Waals surface area contributed by atoms with Gasteiger partial charge in [-0.1, -0.05) is 67.8 Å². The number of nitrogens with zero attached hydrogens (tertiary/aromatic N) is 1. The molecule has 0 saturated heterocycles. The summed E-state index contributed by atoms with van der Waals surface area (Å²) in [4.78, 5) is 25.7. The monoisotopic (exact) mass is 374 g/mol. The molecule has 2 aromatic carbocycles. The van der Waals surface area contributed by atoms with Crippen molar-refractivity contribution in [3.63, 3.8) is 0 Å². The maximum Gasteiger partial charge on any atom is 0.252 e. The van der Waals surface area contributed by atoms with Crippen LogP contribution in [0.25, 0.3) is 10.9 Å². The Balaban J connectivity index is 1.71. The molecule has 0 radical (unpaired) electrons. The van der Waals surface area contributed by atoms with E-state index in [0.29, 0.717) is 11.5 Å². The van der Waals surface area contributed by atoms with E-state index in [1.807, 2.05) is 42.5 Å². The minimum absolute atomic E-state index is 0.0307. The molecule has 1 aliphatic rings. The third-order valence-electron chi connectivity index (χ3n) is 5.97. The molecule has 4 rings (SSSR count). The van der Waals surface area contributed by atoms with E-state index < -0.39 is 0 Å². The Morgan fingerprint density at radius 3 is 2.43 bits per heavy atom. The standard InChI is InChI=1S/C24H26N2O2/c1-26-21-15-9-8-14-19(21)20(16-22(26)27)24(28)25-23(17-10-4-2-5-11-17)18-12-6-3-7-13-18/h2,4-5,8-11,14-16,18,23H,3,6-7,12-13H2,1H3,(H,25,28). The van der Waals surface area contributed by atoms with Gasteiger partial charge in [0.25, 0.3) is 11.5 Å². The van der Waals surface area contributed by atoms with Crippen molar-refractivity contribution in [2.75, 3.05) is 0 Å². The zero-order valence-electron chi connectivity index (χ0n) is 16.2. The van der Waals surface area contributed by atoms with E-state index in [1.54, 1.807) is 11.6 Å². The molecule has 0 aliphatic heterocycles. The molecule has 3 aromatic rings. The Bertz CT molecular complexity index is 1030. The van der Waals surface area contributed by atoms with Gasteiger partial charge in [0.2, 0.25) is 0 Å². The average molecular weight is 374 g/mol. The van der Waals surface area contributed by atoms with Crippen LogP contribution in [0.4, 0.5) is 0 Å². The number of hydrogen-bond donors (Lipinski definition) is 1. The maximum atomic E-state index is 13.3. The Labute approximate surface area is 165 Å². The lowest BCUT2D eigenvalue weighted by atomic mass is 9.81. The highest BCUT2D eigenvalue weighted by Crippen LogP contribution is 2.34. The molecule has 1 saturated carbocycles. The quantitative estimate of drug-likeness (QED) is 0.726. The summed E-state index contributed by atoms with van der Waals surface area (Å²) in [6, 6.07) is 19.2. The first-order valence-corrected chi connectivity index (χ1v) is 10.1. The minimum Gasteiger partial charge on any atom is -0.345 e. The number of carbonyl (C=O) groups is 1. The van der Waals surface area contributed by atoms with Crippen LogP contribution in [0, 0.1) is 5.92 Å². The Hall–Kier alpha value is -2.88. The van der Waals surface area contributed by atoms with Crippen molar-refractivity contribution < 1.29 is 4.79 Å².